The first-order chi connectivity index (χ1) is 12.3. The van der Waals surface area contributed by atoms with E-state index in [0.29, 0.717) is 25.9 Å². The SMILES string of the molecule is CS(=O)(=O)N1CCC(C(=O)N2CCN(Cc3ccccc3Cl)CC2)CC1. The molecule has 8 heteroatoms. The van der Waals surface area contributed by atoms with Gasteiger partial charge in [-0.15, -0.1) is 0 Å². The summed E-state index contributed by atoms with van der Waals surface area (Å²) < 4.78 is 24.7. The van der Waals surface area contributed by atoms with Crippen LogP contribution < -0.4 is 0 Å². The van der Waals surface area contributed by atoms with Crippen LogP contribution in [0.4, 0.5) is 0 Å². The molecule has 2 saturated heterocycles. The molecule has 2 heterocycles. The molecule has 1 aromatic rings. The summed E-state index contributed by atoms with van der Waals surface area (Å²) in [7, 11) is -3.15. The summed E-state index contributed by atoms with van der Waals surface area (Å²) in [6.07, 6.45) is 2.46. The van der Waals surface area contributed by atoms with Gasteiger partial charge in [-0.1, -0.05) is 29.8 Å². The summed E-state index contributed by atoms with van der Waals surface area (Å²) in [5.74, 6) is 0.124. The van der Waals surface area contributed by atoms with E-state index in [1.54, 1.807) is 0 Å². The fourth-order valence-electron chi connectivity index (χ4n) is 3.69. The monoisotopic (exact) mass is 399 g/mol. The summed E-state index contributed by atoms with van der Waals surface area (Å²) in [6.45, 7) is 4.79. The van der Waals surface area contributed by atoms with Crippen molar-refractivity contribution in [3.63, 3.8) is 0 Å². The minimum Gasteiger partial charge on any atom is -0.340 e. The van der Waals surface area contributed by atoms with Gasteiger partial charge in [0.1, 0.15) is 0 Å². The molecule has 0 aromatic heterocycles. The van der Waals surface area contributed by atoms with Crippen LogP contribution in [-0.2, 0) is 21.4 Å². The number of hydrogen-bond acceptors (Lipinski definition) is 4. The van der Waals surface area contributed by atoms with Gasteiger partial charge >= 0.3 is 0 Å². The Labute approximate surface area is 160 Å². The van der Waals surface area contributed by atoms with Gasteiger partial charge in [0.25, 0.3) is 0 Å². The van der Waals surface area contributed by atoms with E-state index in [1.165, 1.54) is 10.6 Å². The molecule has 26 heavy (non-hydrogen) atoms. The van der Waals surface area contributed by atoms with Crippen molar-refractivity contribution in [3.8, 4) is 0 Å². The van der Waals surface area contributed by atoms with Crippen molar-refractivity contribution in [2.45, 2.75) is 19.4 Å². The molecule has 1 aromatic carbocycles. The van der Waals surface area contributed by atoms with Crippen LogP contribution in [0.3, 0.4) is 0 Å². The van der Waals surface area contributed by atoms with E-state index in [1.807, 2.05) is 29.2 Å². The average Bonchev–Trinajstić information content (AvgIpc) is 2.63. The van der Waals surface area contributed by atoms with Gasteiger partial charge in [-0.3, -0.25) is 9.69 Å². The summed E-state index contributed by atoms with van der Waals surface area (Å²) in [5.41, 5.74) is 1.11. The predicted molar refractivity (Wildman–Crippen MR) is 102 cm³/mol. The number of amides is 1. The molecule has 0 radical (unpaired) electrons. The summed E-state index contributed by atoms with van der Waals surface area (Å²) in [6, 6.07) is 7.86. The van der Waals surface area contributed by atoms with Gasteiger partial charge in [-0.2, -0.15) is 0 Å². The fourth-order valence-corrected chi connectivity index (χ4v) is 4.76. The Balaban J connectivity index is 1.48. The van der Waals surface area contributed by atoms with Gasteiger partial charge in [0.2, 0.25) is 15.9 Å². The number of piperazine rings is 1. The lowest BCUT2D eigenvalue weighted by Crippen LogP contribution is -2.51. The first-order valence-electron chi connectivity index (χ1n) is 9.04. The topological polar surface area (TPSA) is 60.9 Å². The zero-order valence-corrected chi connectivity index (χ0v) is 16.7. The lowest BCUT2D eigenvalue weighted by atomic mass is 9.96. The van der Waals surface area contributed by atoms with Gasteiger partial charge in [0.05, 0.1) is 6.26 Å². The van der Waals surface area contributed by atoms with Crippen LogP contribution in [-0.4, -0.2) is 74.0 Å². The molecular weight excluding hydrogens is 374 g/mol. The lowest BCUT2D eigenvalue weighted by molar-refractivity contribution is -0.138. The number of halogens is 1. The molecule has 0 atom stereocenters. The Morgan fingerprint density at radius 2 is 1.69 bits per heavy atom. The standard InChI is InChI=1S/C18H26ClN3O3S/c1-26(24,25)22-8-6-15(7-9-22)18(23)21-12-10-20(11-13-21)14-16-4-2-3-5-17(16)19/h2-5,15H,6-14H2,1H3. The van der Waals surface area contributed by atoms with Crippen molar-refractivity contribution in [1.29, 1.82) is 0 Å². The zero-order valence-electron chi connectivity index (χ0n) is 15.1. The number of carbonyl (C=O) groups is 1. The van der Waals surface area contributed by atoms with Crippen molar-refractivity contribution in [1.82, 2.24) is 14.1 Å². The number of hydrogen-bond donors (Lipinski definition) is 0. The fraction of sp³-hybridized carbons (Fsp3) is 0.611. The summed E-state index contributed by atoms with van der Waals surface area (Å²) in [4.78, 5) is 17.0. The Kier molecular flexibility index (Phi) is 6.22. The van der Waals surface area contributed by atoms with Crippen LogP contribution in [0.1, 0.15) is 18.4 Å². The number of rotatable bonds is 4. The van der Waals surface area contributed by atoms with Crippen molar-refractivity contribution >= 4 is 27.5 Å². The van der Waals surface area contributed by atoms with Gasteiger partial charge in [-0.25, -0.2) is 12.7 Å². The molecule has 6 nitrogen and oxygen atoms in total. The molecule has 1 amide bonds. The first kappa shape index (κ1) is 19.6. The van der Waals surface area contributed by atoms with Gasteiger partial charge in [0, 0.05) is 56.8 Å². The third kappa shape index (κ3) is 4.76. The molecule has 0 aliphatic carbocycles. The molecule has 0 bridgehead atoms. The van der Waals surface area contributed by atoms with Gasteiger partial charge < -0.3 is 4.90 Å². The largest absolute Gasteiger partial charge is 0.340 e. The number of piperidine rings is 1. The molecule has 2 aliphatic rings. The molecule has 0 N–H and O–H groups in total. The molecule has 3 rings (SSSR count). The van der Waals surface area contributed by atoms with Gasteiger partial charge in [0.15, 0.2) is 0 Å². The van der Waals surface area contributed by atoms with E-state index >= 15 is 0 Å². The van der Waals surface area contributed by atoms with Crippen LogP contribution in [0.15, 0.2) is 24.3 Å². The van der Waals surface area contributed by atoms with Crippen molar-refractivity contribution in [3.05, 3.63) is 34.9 Å². The van der Waals surface area contributed by atoms with Crippen LogP contribution in [0.2, 0.25) is 5.02 Å². The Morgan fingerprint density at radius 1 is 1.08 bits per heavy atom. The van der Waals surface area contributed by atoms with Crippen LogP contribution in [0.25, 0.3) is 0 Å². The highest BCUT2D eigenvalue weighted by Gasteiger charge is 2.32. The number of nitrogens with zero attached hydrogens (tertiary/aromatic N) is 3. The normalized spacial score (nSPS) is 21.1. The highest BCUT2D eigenvalue weighted by atomic mass is 35.5. The van der Waals surface area contributed by atoms with Crippen molar-refractivity contribution in [2.24, 2.45) is 5.92 Å². The van der Waals surface area contributed by atoms with E-state index in [-0.39, 0.29) is 11.8 Å². The molecule has 0 saturated carbocycles. The minimum absolute atomic E-state index is 0.0527. The molecule has 144 valence electrons. The van der Waals surface area contributed by atoms with E-state index in [4.69, 9.17) is 11.6 Å². The quantitative estimate of drug-likeness (QED) is 0.772. The molecule has 0 spiro atoms. The number of carbonyl (C=O) groups excluding carboxylic acids is 1. The first-order valence-corrected chi connectivity index (χ1v) is 11.3. The second-order valence-corrected chi connectivity index (χ2v) is 9.52. The third-order valence-corrected chi connectivity index (χ3v) is 6.98. The van der Waals surface area contributed by atoms with E-state index < -0.39 is 10.0 Å². The number of sulfonamides is 1. The summed E-state index contributed by atoms with van der Waals surface area (Å²) >= 11 is 6.23. The average molecular weight is 400 g/mol. The van der Waals surface area contributed by atoms with E-state index in [2.05, 4.69) is 4.90 Å². The smallest absolute Gasteiger partial charge is 0.225 e. The van der Waals surface area contributed by atoms with E-state index in [0.717, 1.165) is 43.3 Å². The second kappa shape index (κ2) is 8.25. The maximum Gasteiger partial charge on any atom is 0.225 e. The molecular formula is C18H26ClN3O3S. The second-order valence-electron chi connectivity index (χ2n) is 7.13. The minimum atomic E-state index is -3.15. The van der Waals surface area contributed by atoms with Crippen LogP contribution in [0, 0.1) is 5.92 Å². The third-order valence-electron chi connectivity index (χ3n) is 5.31. The summed E-state index contributed by atoms with van der Waals surface area (Å²) in [5, 5.41) is 0.781. The molecule has 2 aliphatic heterocycles. The highest BCUT2D eigenvalue weighted by Crippen LogP contribution is 2.23. The van der Waals surface area contributed by atoms with Crippen molar-refractivity contribution < 1.29 is 13.2 Å². The Morgan fingerprint density at radius 3 is 2.27 bits per heavy atom. The Hall–Kier alpha value is -1.15. The van der Waals surface area contributed by atoms with Gasteiger partial charge in [-0.05, 0) is 24.5 Å². The maximum atomic E-state index is 12.7. The van der Waals surface area contributed by atoms with Crippen molar-refractivity contribution in [2.75, 3.05) is 45.5 Å². The van der Waals surface area contributed by atoms with E-state index in [9.17, 15) is 13.2 Å². The Bertz CT molecular complexity index is 740. The highest BCUT2D eigenvalue weighted by molar-refractivity contribution is 7.88. The predicted octanol–water partition coefficient (Wildman–Crippen LogP) is 1.66. The van der Waals surface area contributed by atoms with Crippen LogP contribution in [0.5, 0.6) is 0 Å². The molecule has 0 unspecified atom stereocenters. The lowest BCUT2D eigenvalue weighted by Gasteiger charge is -2.38. The van der Waals surface area contributed by atoms with Crippen LogP contribution >= 0.6 is 11.6 Å². The maximum absolute atomic E-state index is 12.7. The zero-order chi connectivity index (χ0) is 18.7. The number of benzene rings is 1. The molecule has 2 fully saturated rings.